The van der Waals surface area contributed by atoms with Crippen LogP contribution in [0.2, 0.25) is 0 Å². The van der Waals surface area contributed by atoms with E-state index in [1.807, 2.05) is 27.7 Å². The van der Waals surface area contributed by atoms with Crippen LogP contribution in [0, 0.1) is 11.8 Å². The van der Waals surface area contributed by atoms with E-state index in [0.29, 0.717) is 0 Å². The molecule has 26 heavy (non-hydrogen) atoms. The lowest BCUT2D eigenvalue weighted by Gasteiger charge is -2.21. The fourth-order valence-electron chi connectivity index (χ4n) is 2.28. The van der Waals surface area contributed by atoms with Crippen LogP contribution in [-0.2, 0) is 0 Å². The molecule has 2 amide bonds. The third-order valence-corrected chi connectivity index (χ3v) is 4.24. The maximum absolute atomic E-state index is 12.3. The van der Waals surface area contributed by atoms with E-state index in [4.69, 9.17) is 0 Å². The van der Waals surface area contributed by atoms with E-state index in [1.165, 1.54) is 0 Å². The van der Waals surface area contributed by atoms with Gasteiger partial charge in [0.2, 0.25) is 0 Å². The summed E-state index contributed by atoms with van der Waals surface area (Å²) in [6, 6.07) is 0.974. The smallest absolute Gasteiger partial charge is 0.255 e. The van der Waals surface area contributed by atoms with E-state index in [9.17, 15) is 30.0 Å². The zero-order valence-electron chi connectivity index (χ0n) is 15.5. The summed E-state index contributed by atoms with van der Waals surface area (Å²) in [6.45, 7) is 6.73. The predicted molar refractivity (Wildman–Crippen MR) is 96.1 cm³/mol. The van der Waals surface area contributed by atoms with Crippen molar-refractivity contribution in [2.75, 3.05) is 13.2 Å². The molecule has 0 unspecified atom stereocenters. The lowest BCUT2D eigenvalue weighted by atomic mass is 10.0. The summed E-state index contributed by atoms with van der Waals surface area (Å²) in [5.41, 5.74) is -0.415. The molecule has 0 spiro atoms. The summed E-state index contributed by atoms with van der Waals surface area (Å²) in [7, 11) is 0. The highest BCUT2D eigenvalue weighted by molar-refractivity contribution is 6.02. The molecule has 1 aromatic carbocycles. The number of phenolic OH excluding ortho intramolecular Hbond substituents is 2. The van der Waals surface area contributed by atoms with Crippen LogP contribution >= 0.6 is 0 Å². The van der Waals surface area contributed by atoms with Gasteiger partial charge in [-0.2, -0.15) is 0 Å². The number of carbonyl (C=O) groups excluding carboxylic acids is 2. The predicted octanol–water partition coefficient (Wildman–Crippen LogP) is 0.591. The number of hydrogen-bond donors (Lipinski definition) is 6. The minimum absolute atomic E-state index is 0.0313. The summed E-state index contributed by atoms with van der Waals surface area (Å²) in [5, 5.41) is 43.9. The molecule has 0 bridgehead atoms. The third kappa shape index (κ3) is 5.34. The Morgan fingerprint density at radius 3 is 1.35 bits per heavy atom. The Balaban J connectivity index is 3.04. The molecule has 0 saturated carbocycles. The van der Waals surface area contributed by atoms with Crippen molar-refractivity contribution < 1.29 is 30.0 Å². The summed E-state index contributed by atoms with van der Waals surface area (Å²) >= 11 is 0. The number of phenols is 2. The average molecular weight is 368 g/mol. The molecule has 0 saturated heterocycles. The Morgan fingerprint density at radius 2 is 1.12 bits per heavy atom. The lowest BCUT2D eigenvalue weighted by Crippen LogP contribution is -2.41. The van der Waals surface area contributed by atoms with Crippen LogP contribution in [0.25, 0.3) is 0 Å². The molecule has 0 heterocycles. The van der Waals surface area contributed by atoms with Crippen molar-refractivity contribution in [2.45, 2.75) is 39.8 Å². The number of amides is 2. The fourth-order valence-corrected chi connectivity index (χ4v) is 2.28. The van der Waals surface area contributed by atoms with Gasteiger partial charge in [0, 0.05) is 0 Å². The molecule has 0 aliphatic carbocycles. The Bertz CT molecular complexity index is 589. The van der Waals surface area contributed by atoms with Gasteiger partial charge in [0.05, 0.1) is 36.4 Å². The summed E-state index contributed by atoms with van der Waals surface area (Å²) in [4.78, 5) is 24.5. The van der Waals surface area contributed by atoms with Gasteiger partial charge in [-0.3, -0.25) is 9.59 Å². The zero-order valence-corrected chi connectivity index (χ0v) is 15.5. The van der Waals surface area contributed by atoms with E-state index in [1.54, 1.807) is 0 Å². The Kier molecular flexibility index (Phi) is 7.85. The van der Waals surface area contributed by atoms with Crippen LogP contribution in [0.4, 0.5) is 0 Å². The van der Waals surface area contributed by atoms with Gasteiger partial charge in [0.1, 0.15) is 11.5 Å². The quantitative estimate of drug-likeness (QED) is 0.371. The van der Waals surface area contributed by atoms with Gasteiger partial charge < -0.3 is 31.1 Å². The minimum atomic E-state index is -0.673. The highest BCUT2D eigenvalue weighted by Crippen LogP contribution is 2.27. The van der Waals surface area contributed by atoms with E-state index < -0.39 is 35.4 Å². The zero-order chi connectivity index (χ0) is 20.0. The fraction of sp³-hybridized carbons (Fsp3) is 0.556. The molecular weight excluding hydrogens is 340 g/mol. The molecule has 1 rings (SSSR count). The second kappa shape index (κ2) is 9.40. The summed E-state index contributed by atoms with van der Waals surface area (Å²) in [5.74, 6) is -2.36. The molecule has 1 aromatic rings. The largest absolute Gasteiger partial charge is 0.507 e. The Hall–Kier alpha value is -2.32. The van der Waals surface area contributed by atoms with Gasteiger partial charge in [-0.15, -0.1) is 0 Å². The van der Waals surface area contributed by atoms with E-state index in [-0.39, 0.29) is 36.2 Å². The molecular formula is C18H28N2O6. The summed E-state index contributed by atoms with van der Waals surface area (Å²) in [6.07, 6.45) is 0. The van der Waals surface area contributed by atoms with Crippen LogP contribution < -0.4 is 10.6 Å². The summed E-state index contributed by atoms with van der Waals surface area (Å²) < 4.78 is 0. The molecule has 0 aromatic heterocycles. The molecule has 8 nitrogen and oxygen atoms in total. The Morgan fingerprint density at radius 1 is 0.808 bits per heavy atom. The molecule has 0 aliphatic heterocycles. The molecule has 0 radical (unpaired) electrons. The van der Waals surface area contributed by atoms with Crippen molar-refractivity contribution in [1.82, 2.24) is 10.6 Å². The highest BCUT2D eigenvalue weighted by atomic mass is 16.3. The number of aliphatic hydroxyl groups excluding tert-OH is 2. The van der Waals surface area contributed by atoms with Crippen molar-refractivity contribution in [1.29, 1.82) is 0 Å². The van der Waals surface area contributed by atoms with Crippen molar-refractivity contribution >= 4 is 11.8 Å². The standard InChI is InChI=1S/C18H28N2O6/c1-9(2)13(7-21)19-17(25)11-5-16(24)12(6-15(11)23)18(26)20-14(8-22)10(3)4/h5-6,9-10,13-14,21-24H,7-8H2,1-4H3,(H,19,25)(H,20,26)/t13-,14-/m1/s1. The van der Waals surface area contributed by atoms with Gasteiger partial charge in [0.25, 0.3) is 11.8 Å². The average Bonchev–Trinajstić information content (AvgIpc) is 2.57. The molecule has 6 N–H and O–H groups in total. The van der Waals surface area contributed by atoms with Crippen molar-refractivity contribution in [3.8, 4) is 11.5 Å². The van der Waals surface area contributed by atoms with Crippen LogP contribution in [0.5, 0.6) is 11.5 Å². The topological polar surface area (TPSA) is 139 Å². The number of carbonyl (C=O) groups is 2. The van der Waals surface area contributed by atoms with Crippen molar-refractivity contribution in [3.05, 3.63) is 23.3 Å². The maximum Gasteiger partial charge on any atom is 0.255 e. The number of aromatic hydroxyl groups is 2. The Labute approximate surface area is 152 Å². The van der Waals surface area contributed by atoms with Gasteiger partial charge in [0.15, 0.2) is 0 Å². The van der Waals surface area contributed by atoms with Gasteiger partial charge in [-0.05, 0) is 24.0 Å². The molecule has 0 aliphatic rings. The first-order valence-electron chi connectivity index (χ1n) is 8.51. The third-order valence-electron chi connectivity index (χ3n) is 4.24. The van der Waals surface area contributed by atoms with Crippen LogP contribution in [0.15, 0.2) is 12.1 Å². The second-order valence-electron chi connectivity index (χ2n) is 6.90. The van der Waals surface area contributed by atoms with Gasteiger partial charge >= 0.3 is 0 Å². The normalized spacial score (nSPS) is 13.5. The SMILES string of the molecule is CC(C)[C@@H](CO)NC(=O)c1cc(O)c(C(=O)N[C@H](CO)C(C)C)cc1O. The molecule has 2 atom stereocenters. The second-order valence-corrected chi connectivity index (χ2v) is 6.90. The van der Waals surface area contributed by atoms with Gasteiger partial charge in [-0.1, -0.05) is 27.7 Å². The lowest BCUT2D eigenvalue weighted by molar-refractivity contribution is 0.0881. The van der Waals surface area contributed by atoms with Crippen LogP contribution in [0.3, 0.4) is 0 Å². The first kappa shape index (κ1) is 21.7. The van der Waals surface area contributed by atoms with E-state index >= 15 is 0 Å². The van der Waals surface area contributed by atoms with Gasteiger partial charge in [-0.25, -0.2) is 0 Å². The van der Waals surface area contributed by atoms with Crippen LogP contribution in [0.1, 0.15) is 48.4 Å². The maximum atomic E-state index is 12.3. The number of rotatable bonds is 8. The molecule has 8 heteroatoms. The number of hydrogen-bond acceptors (Lipinski definition) is 6. The van der Waals surface area contributed by atoms with Crippen molar-refractivity contribution in [2.24, 2.45) is 11.8 Å². The monoisotopic (exact) mass is 368 g/mol. The van der Waals surface area contributed by atoms with E-state index in [2.05, 4.69) is 10.6 Å². The van der Waals surface area contributed by atoms with Crippen molar-refractivity contribution in [3.63, 3.8) is 0 Å². The number of nitrogens with one attached hydrogen (secondary N) is 2. The number of aliphatic hydroxyl groups is 2. The first-order chi connectivity index (χ1) is 12.1. The van der Waals surface area contributed by atoms with Crippen LogP contribution in [-0.4, -0.2) is 57.5 Å². The molecule has 146 valence electrons. The minimum Gasteiger partial charge on any atom is -0.507 e. The number of benzene rings is 1. The highest BCUT2D eigenvalue weighted by Gasteiger charge is 2.23. The first-order valence-corrected chi connectivity index (χ1v) is 8.51. The van der Waals surface area contributed by atoms with E-state index in [0.717, 1.165) is 12.1 Å². The molecule has 0 fully saturated rings.